The minimum atomic E-state index is 0.202. The highest BCUT2D eigenvalue weighted by Crippen LogP contribution is 2.41. The zero-order valence-electron chi connectivity index (χ0n) is 13.2. The summed E-state index contributed by atoms with van der Waals surface area (Å²) in [6.07, 6.45) is 6.09. The van der Waals surface area contributed by atoms with Crippen LogP contribution in [0.4, 0.5) is 0 Å². The Balaban J connectivity index is 1.89. The maximum atomic E-state index is 6.22. The minimum Gasteiger partial charge on any atom is -0.382 e. The van der Waals surface area contributed by atoms with Gasteiger partial charge in [-0.15, -0.1) is 0 Å². The van der Waals surface area contributed by atoms with Gasteiger partial charge in [0.15, 0.2) is 0 Å². The van der Waals surface area contributed by atoms with Crippen molar-refractivity contribution >= 4 is 11.8 Å². The molecule has 0 aromatic rings. The topological polar surface area (TPSA) is 30.5 Å². The van der Waals surface area contributed by atoms with E-state index in [0.29, 0.717) is 6.04 Å². The molecule has 2 aliphatic rings. The summed E-state index contributed by atoms with van der Waals surface area (Å²) in [5, 5.41) is 3.69. The number of rotatable bonds is 7. The summed E-state index contributed by atoms with van der Waals surface area (Å²) in [4.78, 5) is 0. The molecule has 3 nitrogen and oxygen atoms in total. The average Bonchev–Trinajstić information content (AvgIpc) is 2.47. The number of hydrogen-bond acceptors (Lipinski definition) is 4. The molecule has 2 rings (SSSR count). The molecule has 4 heteroatoms. The molecule has 2 unspecified atom stereocenters. The molecule has 1 spiro atoms. The lowest BCUT2D eigenvalue weighted by atomic mass is 9.78. The minimum absolute atomic E-state index is 0.202. The summed E-state index contributed by atoms with van der Waals surface area (Å²) < 4.78 is 11.8. The highest BCUT2D eigenvalue weighted by atomic mass is 32.2. The lowest BCUT2D eigenvalue weighted by Gasteiger charge is -2.45. The molecule has 2 saturated heterocycles. The summed E-state index contributed by atoms with van der Waals surface area (Å²) in [5.74, 6) is 3.31. The van der Waals surface area contributed by atoms with E-state index in [1.165, 1.54) is 37.2 Å². The van der Waals surface area contributed by atoms with Gasteiger partial charge in [-0.05, 0) is 63.0 Å². The molecular formula is C16H31NO2S. The van der Waals surface area contributed by atoms with Crippen molar-refractivity contribution in [3.05, 3.63) is 0 Å². The first-order valence-corrected chi connectivity index (χ1v) is 9.48. The highest BCUT2D eigenvalue weighted by Gasteiger charge is 2.40. The summed E-state index contributed by atoms with van der Waals surface area (Å²) in [6.45, 7) is 8.00. The van der Waals surface area contributed by atoms with Crippen molar-refractivity contribution in [3.63, 3.8) is 0 Å². The van der Waals surface area contributed by atoms with Gasteiger partial charge in [0.2, 0.25) is 0 Å². The Morgan fingerprint density at radius 1 is 1.35 bits per heavy atom. The van der Waals surface area contributed by atoms with Crippen LogP contribution >= 0.6 is 11.8 Å². The largest absolute Gasteiger partial charge is 0.382 e. The molecule has 118 valence electrons. The van der Waals surface area contributed by atoms with Crippen LogP contribution in [0.15, 0.2) is 0 Å². The molecule has 0 aromatic carbocycles. The Bertz CT molecular complexity index is 264. The van der Waals surface area contributed by atoms with Gasteiger partial charge in [-0.2, -0.15) is 11.8 Å². The van der Waals surface area contributed by atoms with E-state index >= 15 is 0 Å². The van der Waals surface area contributed by atoms with E-state index in [0.717, 1.165) is 38.7 Å². The van der Waals surface area contributed by atoms with Gasteiger partial charge in [0.05, 0.1) is 5.60 Å². The van der Waals surface area contributed by atoms with Crippen LogP contribution in [0.5, 0.6) is 0 Å². The van der Waals surface area contributed by atoms with Gasteiger partial charge in [0, 0.05) is 25.9 Å². The number of ether oxygens (including phenoxy) is 2. The molecule has 0 radical (unpaired) electrons. The van der Waals surface area contributed by atoms with Crippen molar-refractivity contribution in [2.24, 2.45) is 5.92 Å². The molecule has 2 atom stereocenters. The van der Waals surface area contributed by atoms with Gasteiger partial charge >= 0.3 is 0 Å². The number of hydrogen-bond donors (Lipinski definition) is 1. The normalized spacial score (nSPS) is 27.6. The van der Waals surface area contributed by atoms with Crippen LogP contribution in [0, 0.1) is 5.92 Å². The van der Waals surface area contributed by atoms with Crippen LogP contribution in [0.1, 0.15) is 46.0 Å². The highest BCUT2D eigenvalue weighted by molar-refractivity contribution is 7.99. The summed E-state index contributed by atoms with van der Waals surface area (Å²) in [5.41, 5.74) is 0.202. The van der Waals surface area contributed by atoms with E-state index in [9.17, 15) is 0 Å². The first kappa shape index (κ1) is 16.6. The molecule has 0 aliphatic carbocycles. The predicted octanol–water partition coefficient (Wildman–Crippen LogP) is 3.08. The van der Waals surface area contributed by atoms with Gasteiger partial charge < -0.3 is 14.8 Å². The first-order valence-electron chi connectivity index (χ1n) is 8.32. The van der Waals surface area contributed by atoms with Crippen molar-refractivity contribution in [1.82, 2.24) is 5.32 Å². The predicted molar refractivity (Wildman–Crippen MR) is 86.5 cm³/mol. The van der Waals surface area contributed by atoms with Crippen molar-refractivity contribution in [2.75, 3.05) is 37.9 Å². The lowest BCUT2D eigenvalue weighted by Crippen LogP contribution is -2.48. The van der Waals surface area contributed by atoms with Crippen molar-refractivity contribution in [1.29, 1.82) is 0 Å². The van der Waals surface area contributed by atoms with Crippen molar-refractivity contribution in [3.8, 4) is 0 Å². The zero-order valence-corrected chi connectivity index (χ0v) is 14.0. The summed E-state index contributed by atoms with van der Waals surface area (Å²) in [6, 6.07) is 0.599. The second-order valence-corrected chi connectivity index (χ2v) is 7.27. The average molecular weight is 301 g/mol. The molecular weight excluding hydrogens is 270 g/mol. The first-order chi connectivity index (χ1) is 9.79. The van der Waals surface area contributed by atoms with Crippen LogP contribution in [-0.2, 0) is 9.47 Å². The Kier molecular flexibility index (Phi) is 7.15. The van der Waals surface area contributed by atoms with E-state index in [1.54, 1.807) is 0 Å². The van der Waals surface area contributed by atoms with Crippen LogP contribution in [0.2, 0.25) is 0 Å². The van der Waals surface area contributed by atoms with E-state index < -0.39 is 0 Å². The molecule has 0 aromatic heterocycles. The quantitative estimate of drug-likeness (QED) is 0.732. The van der Waals surface area contributed by atoms with Gasteiger partial charge in [-0.1, -0.05) is 6.92 Å². The molecule has 20 heavy (non-hydrogen) atoms. The zero-order chi connectivity index (χ0) is 14.3. The van der Waals surface area contributed by atoms with E-state index in [4.69, 9.17) is 9.47 Å². The monoisotopic (exact) mass is 301 g/mol. The van der Waals surface area contributed by atoms with Crippen LogP contribution in [-0.4, -0.2) is 49.5 Å². The third kappa shape index (κ3) is 4.62. The maximum absolute atomic E-state index is 6.22. The Labute approximate surface area is 128 Å². The summed E-state index contributed by atoms with van der Waals surface area (Å²) in [7, 11) is 0. The fourth-order valence-corrected chi connectivity index (χ4v) is 4.86. The van der Waals surface area contributed by atoms with Gasteiger partial charge in [0.25, 0.3) is 0 Å². The molecule has 2 heterocycles. The third-order valence-electron chi connectivity index (χ3n) is 4.75. The molecule has 0 amide bonds. The Morgan fingerprint density at radius 3 is 2.85 bits per heavy atom. The number of nitrogens with one attached hydrogen (secondary N) is 1. The van der Waals surface area contributed by atoms with E-state index in [2.05, 4.69) is 30.9 Å². The van der Waals surface area contributed by atoms with Gasteiger partial charge in [-0.3, -0.25) is 0 Å². The second-order valence-electron chi connectivity index (χ2n) is 6.05. The molecule has 2 fully saturated rings. The fourth-order valence-electron chi connectivity index (χ4n) is 3.62. The van der Waals surface area contributed by atoms with Crippen LogP contribution in [0.25, 0.3) is 0 Å². The van der Waals surface area contributed by atoms with E-state index in [1.807, 2.05) is 0 Å². The molecule has 0 saturated carbocycles. The number of thioether (sulfide) groups is 1. The standard InChI is InChI=1S/C16H31NO2S/c1-3-17-15(6-9-18-4-2)14-5-10-19-16(13-14)7-11-20-12-8-16/h14-15,17H,3-13H2,1-2H3. The van der Waals surface area contributed by atoms with E-state index in [-0.39, 0.29) is 5.60 Å². The molecule has 0 bridgehead atoms. The Hall–Kier alpha value is 0.230. The lowest BCUT2D eigenvalue weighted by molar-refractivity contribution is -0.108. The maximum Gasteiger partial charge on any atom is 0.0701 e. The van der Waals surface area contributed by atoms with Crippen LogP contribution < -0.4 is 5.32 Å². The van der Waals surface area contributed by atoms with Crippen molar-refractivity contribution < 1.29 is 9.47 Å². The summed E-state index contributed by atoms with van der Waals surface area (Å²) >= 11 is 2.08. The van der Waals surface area contributed by atoms with Gasteiger partial charge in [-0.25, -0.2) is 0 Å². The SMILES string of the molecule is CCNC(CCOCC)C1CCOC2(CCSCC2)C1. The van der Waals surface area contributed by atoms with Crippen molar-refractivity contribution in [2.45, 2.75) is 57.6 Å². The second kappa shape index (κ2) is 8.62. The molecule has 2 aliphatic heterocycles. The smallest absolute Gasteiger partial charge is 0.0701 e. The fraction of sp³-hybridized carbons (Fsp3) is 1.00. The Morgan fingerprint density at radius 2 is 2.15 bits per heavy atom. The van der Waals surface area contributed by atoms with Crippen LogP contribution in [0.3, 0.4) is 0 Å². The van der Waals surface area contributed by atoms with Gasteiger partial charge in [0.1, 0.15) is 0 Å². The third-order valence-corrected chi connectivity index (χ3v) is 5.73. The molecule has 1 N–H and O–H groups in total.